The highest BCUT2D eigenvalue weighted by molar-refractivity contribution is 6.07. The Kier molecular flexibility index (Phi) is 7.94. The molecule has 0 aliphatic heterocycles. The first-order valence-corrected chi connectivity index (χ1v) is 9.38. The molecule has 0 saturated heterocycles. The molecule has 0 bridgehead atoms. The molecule has 0 amide bonds. The summed E-state index contributed by atoms with van der Waals surface area (Å²) in [4.78, 5) is 12.5. The van der Waals surface area contributed by atoms with Crippen LogP contribution in [-0.4, -0.2) is 19.0 Å². The minimum Gasteiger partial charge on any atom is -0.494 e. The molecule has 0 atom stereocenters. The van der Waals surface area contributed by atoms with Crippen molar-refractivity contribution in [3.05, 3.63) is 65.2 Å². The van der Waals surface area contributed by atoms with Gasteiger partial charge in [-0.1, -0.05) is 39.0 Å². The van der Waals surface area contributed by atoms with Crippen molar-refractivity contribution in [2.45, 2.75) is 40.0 Å². The number of benzene rings is 2. The third-order valence-corrected chi connectivity index (χ3v) is 3.95. The van der Waals surface area contributed by atoms with Crippen molar-refractivity contribution in [2.75, 3.05) is 13.2 Å². The SMILES string of the molecule is CCCOc1cccc(C(=O)C=Cc2cc(CC)ccc2OCCC)c1. The lowest BCUT2D eigenvalue weighted by molar-refractivity contribution is 0.104. The van der Waals surface area contributed by atoms with E-state index in [1.165, 1.54) is 5.56 Å². The molecule has 0 unspecified atom stereocenters. The molecule has 0 saturated carbocycles. The summed E-state index contributed by atoms with van der Waals surface area (Å²) < 4.78 is 11.4. The van der Waals surface area contributed by atoms with Gasteiger partial charge in [-0.2, -0.15) is 0 Å². The number of hydrogen-bond donors (Lipinski definition) is 0. The number of carbonyl (C=O) groups is 1. The first kappa shape index (κ1) is 19.8. The Morgan fingerprint density at radius 1 is 0.962 bits per heavy atom. The predicted octanol–water partition coefficient (Wildman–Crippen LogP) is 5.72. The summed E-state index contributed by atoms with van der Waals surface area (Å²) >= 11 is 0. The number of allylic oxidation sites excluding steroid dienone is 1. The van der Waals surface area contributed by atoms with Gasteiger partial charge in [-0.25, -0.2) is 0 Å². The molecule has 26 heavy (non-hydrogen) atoms. The van der Waals surface area contributed by atoms with Crippen molar-refractivity contribution in [3.8, 4) is 11.5 Å². The van der Waals surface area contributed by atoms with E-state index < -0.39 is 0 Å². The van der Waals surface area contributed by atoms with E-state index in [4.69, 9.17) is 9.47 Å². The molecule has 2 aromatic rings. The van der Waals surface area contributed by atoms with Crippen LogP contribution in [0.4, 0.5) is 0 Å². The lowest BCUT2D eigenvalue weighted by Gasteiger charge is -2.10. The van der Waals surface area contributed by atoms with Gasteiger partial charge in [0.05, 0.1) is 13.2 Å². The maximum atomic E-state index is 12.5. The van der Waals surface area contributed by atoms with Crippen LogP contribution in [0, 0.1) is 0 Å². The zero-order valence-electron chi connectivity index (χ0n) is 16.0. The molecule has 0 spiro atoms. The van der Waals surface area contributed by atoms with E-state index in [-0.39, 0.29) is 5.78 Å². The van der Waals surface area contributed by atoms with E-state index in [1.807, 2.05) is 30.3 Å². The summed E-state index contributed by atoms with van der Waals surface area (Å²) in [5.74, 6) is 1.49. The van der Waals surface area contributed by atoms with Crippen LogP contribution in [0.15, 0.2) is 48.5 Å². The minimum absolute atomic E-state index is 0.0460. The summed E-state index contributed by atoms with van der Waals surface area (Å²) in [6.45, 7) is 7.56. The molecule has 0 N–H and O–H groups in total. The van der Waals surface area contributed by atoms with E-state index >= 15 is 0 Å². The smallest absolute Gasteiger partial charge is 0.185 e. The van der Waals surface area contributed by atoms with E-state index in [9.17, 15) is 4.79 Å². The van der Waals surface area contributed by atoms with Gasteiger partial charge >= 0.3 is 0 Å². The Morgan fingerprint density at radius 3 is 2.46 bits per heavy atom. The highest BCUT2D eigenvalue weighted by Gasteiger charge is 2.06. The predicted molar refractivity (Wildman–Crippen MR) is 107 cm³/mol. The van der Waals surface area contributed by atoms with Gasteiger partial charge in [0.15, 0.2) is 5.78 Å². The second kappa shape index (κ2) is 10.4. The topological polar surface area (TPSA) is 35.5 Å². The number of ether oxygens (including phenoxy) is 2. The van der Waals surface area contributed by atoms with Gasteiger partial charge in [0.25, 0.3) is 0 Å². The molecular weight excluding hydrogens is 324 g/mol. The van der Waals surface area contributed by atoms with Gasteiger partial charge < -0.3 is 9.47 Å². The first-order valence-electron chi connectivity index (χ1n) is 9.38. The summed E-state index contributed by atoms with van der Waals surface area (Å²) in [5, 5.41) is 0. The van der Waals surface area contributed by atoms with E-state index in [2.05, 4.69) is 32.9 Å². The fourth-order valence-electron chi connectivity index (χ4n) is 2.51. The fourth-order valence-corrected chi connectivity index (χ4v) is 2.51. The highest BCUT2D eigenvalue weighted by Crippen LogP contribution is 2.23. The number of hydrogen-bond acceptors (Lipinski definition) is 3. The van der Waals surface area contributed by atoms with Crippen LogP contribution in [0.3, 0.4) is 0 Å². The lowest BCUT2D eigenvalue weighted by atomic mass is 10.1. The molecule has 0 fully saturated rings. The average molecular weight is 352 g/mol. The number of ketones is 1. The van der Waals surface area contributed by atoms with Crippen molar-refractivity contribution >= 4 is 11.9 Å². The van der Waals surface area contributed by atoms with Crippen molar-refractivity contribution < 1.29 is 14.3 Å². The zero-order valence-corrected chi connectivity index (χ0v) is 16.0. The summed E-state index contributed by atoms with van der Waals surface area (Å²) in [7, 11) is 0. The first-order chi connectivity index (χ1) is 12.7. The molecule has 0 heterocycles. The van der Waals surface area contributed by atoms with Gasteiger partial charge in [0.2, 0.25) is 0 Å². The Morgan fingerprint density at radius 2 is 1.73 bits per heavy atom. The van der Waals surface area contributed by atoms with Crippen LogP contribution in [0.25, 0.3) is 6.08 Å². The van der Waals surface area contributed by atoms with Crippen molar-refractivity contribution in [2.24, 2.45) is 0 Å². The van der Waals surface area contributed by atoms with Gasteiger partial charge in [-0.3, -0.25) is 4.79 Å². The van der Waals surface area contributed by atoms with Crippen LogP contribution in [-0.2, 0) is 6.42 Å². The van der Waals surface area contributed by atoms with Gasteiger partial charge in [-0.15, -0.1) is 0 Å². The molecule has 0 radical (unpaired) electrons. The molecule has 2 aromatic carbocycles. The molecule has 0 aliphatic carbocycles. The number of carbonyl (C=O) groups excluding carboxylic acids is 1. The summed E-state index contributed by atoms with van der Waals surface area (Å²) in [5.41, 5.74) is 2.78. The van der Waals surface area contributed by atoms with Crippen molar-refractivity contribution in [1.82, 2.24) is 0 Å². The van der Waals surface area contributed by atoms with Crippen LogP contribution >= 0.6 is 0 Å². The molecule has 138 valence electrons. The quantitative estimate of drug-likeness (QED) is 0.405. The summed E-state index contributed by atoms with van der Waals surface area (Å²) in [6.07, 6.45) is 6.27. The van der Waals surface area contributed by atoms with Gasteiger partial charge in [-0.05, 0) is 61.2 Å². The fraction of sp³-hybridized carbons (Fsp3) is 0.348. The number of rotatable bonds is 10. The Balaban J connectivity index is 2.18. The van der Waals surface area contributed by atoms with Crippen LogP contribution < -0.4 is 9.47 Å². The molecule has 3 nitrogen and oxygen atoms in total. The van der Waals surface area contributed by atoms with Crippen LogP contribution in [0.2, 0.25) is 0 Å². The largest absolute Gasteiger partial charge is 0.494 e. The molecule has 3 heteroatoms. The summed E-state index contributed by atoms with van der Waals surface area (Å²) in [6, 6.07) is 13.4. The van der Waals surface area contributed by atoms with Crippen molar-refractivity contribution in [3.63, 3.8) is 0 Å². The van der Waals surface area contributed by atoms with Crippen molar-refractivity contribution in [1.29, 1.82) is 0 Å². The third-order valence-electron chi connectivity index (χ3n) is 3.95. The lowest BCUT2D eigenvalue weighted by Crippen LogP contribution is -1.99. The second-order valence-corrected chi connectivity index (χ2v) is 6.15. The third kappa shape index (κ3) is 5.76. The molecule has 0 aliphatic rings. The normalized spacial score (nSPS) is 10.9. The maximum absolute atomic E-state index is 12.5. The van der Waals surface area contributed by atoms with E-state index in [0.717, 1.165) is 36.3 Å². The second-order valence-electron chi connectivity index (χ2n) is 6.15. The molecule has 2 rings (SSSR count). The molecule has 0 aromatic heterocycles. The van der Waals surface area contributed by atoms with Gasteiger partial charge in [0.1, 0.15) is 11.5 Å². The maximum Gasteiger partial charge on any atom is 0.185 e. The molecular formula is C23H28O3. The highest BCUT2D eigenvalue weighted by atomic mass is 16.5. The van der Waals surface area contributed by atoms with Crippen LogP contribution in [0.1, 0.15) is 55.1 Å². The van der Waals surface area contributed by atoms with Gasteiger partial charge in [0, 0.05) is 11.1 Å². The average Bonchev–Trinajstić information content (AvgIpc) is 2.69. The van der Waals surface area contributed by atoms with E-state index in [0.29, 0.717) is 18.8 Å². The van der Waals surface area contributed by atoms with E-state index in [1.54, 1.807) is 12.1 Å². The van der Waals surface area contributed by atoms with Crippen LogP contribution in [0.5, 0.6) is 11.5 Å². The monoisotopic (exact) mass is 352 g/mol. The Labute approximate surface area is 156 Å². The Hall–Kier alpha value is -2.55. The standard InChI is InChI=1S/C23H28O3/c1-4-14-25-21-9-7-8-19(17-21)22(24)12-11-20-16-18(6-3)10-13-23(20)26-15-5-2/h7-13,16-17H,4-6,14-15H2,1-3H3. The Bertz CT molecular complexity index is 747. The number of aryl methyl sites for hydroxylation is 1. The minimum atomic E-state index is -0.0460. The zero-order chi connectivity index (χ0) is 18.8.